The predicted molar refractivity (Wildman–Crippen MR) is 168 cm³/mol. The summed E-state index contributed by atoms with van der Waals surface area (Å²) >= 11 is 2.06. The second kappa shape index (κ2) is 14.0. The van der Waals surface area contributed by atoms with Crippen molar-refractivity contribution in [1.82, 2.24) is 10.2 Å². The number of ether oxygens (including phenoxy) is 2. The molecule has 1 saturated heterocycles. The van der Waals surface area contributed by atoms with Crippen molar-refractivity contribution in [3.05, 3.63) is 86.6 Å². The first-order chi connectivity index (χ1) is 20.2. The number of carbonyl (C=O) groups is 4. The van der Waals surface area contributed by atoms with Crippen LogP contribution in [0.1, 0.15) is 30.5 Å². The molecule has 0 radical (unpaired) electrons. The van der Waals surface area contributed by atoms with Gasteiger partial charge in [0.15, 0.2) is 18.1 Å². The summed E-state index contributed by atoms with van der Waals surface area (Å²) in [5, 5.41) is 8.10. The molecule has 0 spiro atoms. The van der Waals surface area contributed by atoms with Crippen LogP contribution in [0.15, 0.2) is 66.4 Å². The Morgan fingerprint density at radius 3 is 2.43 bits per heavy atom. The van der Waals surface area contributed by atoms with Crippen LogP contribution in [0.5, 0.6) is 11.5 Å². The lowest BCUT2D eigenvalue weighted by Gasteiger charge is -2.15. The standard InChI is InChI=1S/C31H31IN4O6/c1-4-21-8-6-7-9-24(21)34-27(37)17-36-30(39)25(35-31(36)40)15-20-14-23(32)29(26(16-20)41-5-2)42-18-28(38)33-22-12-10-19(3)11-13-22/h6-16H,4-5,17-18H2,1-3H3,(H,33,38)(H,34,37)(H,35,40)/b25-15+. The van der Waals surface area contributed by atoms with Gasteiger partial charge in [-0.1, -0.05) is 42.8 Å². The van der Waals surface area contributed by atoms with Crippen LogP contribution in [-0.4, -0.2) is 48.4 Å². The minimum Gasteiger partial charge on any atom is -0.490 e. The van der Waals surface area contributed by atoms with Gasteiger partial charge in [0.25, 0.3) is 11.8 Å². The van der Waals surface area contributed by atoms with Crippen molar-refractivity contribution in [2.75, 3.05) is 30.4 Å². The number of nitrogens with one attached hydrogen (secondary N) is 3. The van der Waals surface area contributed by atoms with E-state index in [1.165, 1.54) is 6.08 Å². The number of hydrogen-bond donors (Lipinski definition) is 3. The van der Waals surface area contributed by atoms with Crippen LogP contribution >= 0.6 is 22.6 Å². The molecule has 3 N–H and O–H groups in total. The predicted octanol–water partition coefficient (Wildman–Crippen LogP) is 5.11. The molecule has 11 heteroatoms. The summed E-state index contributed by atoms with van der Waals surface area (Å²) in [5.41, 5.74) is 3.91. The number of anilines is 2. The van der Waals surface area contributed by atoms with Gasteiger partial charge in [-0.25, -0.2) is 9.69 Å². The lowest BCUT2D eigenvalue weighted by atomic mass is 10.1. The van der Waals surface area contributed by atoms with Gasteiger partial charge in [0, 0.05) is 11.4 Å². The van der Waals surface area contributed by atoms with Gasteiger partial charge in [-0.2, -0.15) is 0 Å². The molecule has 0 saturated carbocycles. The monoisotopic (exact) mass is 682 g/mol. The van der Waals surface area contributed by atoms with E-state index in [4.69, 9.17) is 9.47 Å². The molecule has 218 valence electrons. The fraction of sp³-hybridized carbons (Fsp3) is 0.226. The molecule has 1 aliphatic heterocycles. The summed E-state index contributed by atoms with van der Waals surface area (Å²) in [6.45, 7) is 5.42. The molecular weight excluding hydrogens is 651 g/mol. The number of hydrogen-bond acceptors (Lipinski definition) is 6. The molecule has 4 rings (SSSR count). The number of benzene rings is 3. The Kier molecular flexibility index (Phi) is 10.2. The molecule has 0 aromatic heterocycles. The average molecular weight is 683 g/mol. The van der Waals surface area contributed by atoms with Gasteiger partial charge in [0.2, 0.25) is 5.91 Å². The number of para-hydroxylation sites is 1. The van der Waals surface area contributed by atoms with Gasteiger partial charge in [-0.05, 0) is 90.4 Å². The van der Waals surface area contributed by atoms with Gasteiger partial charge < -0.3 is 25.4 Å². The van der Waals surface area contributed by atoms with Crippen LogP contribution in [0.4, 0.5) is 16.2 Å². The zero-order valence-electron chi connectivity index (χ0n) is 23.5. The van der Waals surface area contributed by atoms with Crippen molar-refractivity contribution in [3.63, 3.8) is 0 Å². The molecule has 1 aliphatic rings. The maximum absolute atomic E-state index is 13.0. The number of carbonyl (C=O) groups excluding carboxylic acids is 4. The van der Waals surface area contributed by atoms with Crippen molar-refractivity contribution in [2.45, 2.75) is 27.2 Å². The lowest BCUT2D eigenvalue weighted by molar-refractivity contribution is -0.127. The van der Waals surface area contributed by atoms with Crippen LogP contribution in [-0.2, 0) is 20.8 Å². The van der Waals surface area contributed by atoms with Gasteiger partial charge >= 0.3 is 6.03 Å². The summed E-state index contributed by atoms with van der Waals surface area (Å²) in [4.78, 5) is 51.6. The van der Waals surface area contributed by atoms with E-state index in [0.717, 1.165) is 22.4 Å². The van der Waals surface area contributed by atoms with Crippen molar-refractivity contribution >= 4 is 63.8 Å². The van der Waals surface area contributed by atoms with E-state index in [1.807, 2.05) is 57.2 Å². The molecule has 3 aromatic carbocycles. The third-order valence-electron chi connectivity index (χ3n) is 6.26. The van der Waals surface area contributed by atoms with Crippen LogP contribution in [0.3, 0.4) is 0 Å². The Morgan fingerprint density at radius 1 is 0.976 bits per heavy atom. The fourth-order valence-corrected chi connectivity index (χ4v) is 4.99. The zero-order valence-corrected chi connectivity index (χ0v) is 25.6. The molecule has 1 heterocycles. The number of amides is 5. The normalized spacial score (nSPS) is 13.6. The summed E-state index contributed by atoms with van der Waals surface area (Å²) in [6, 6.07) is 17.5. The van der Waals surface area contributed by atoms with E-state index in [1.54, 1.807) is 24.3 Å². The summed E-state index contributed by atoms with van der Waals surface area (Å²) in [6.07, 6.45) is 2.22. The van der Waals surface area contributed by atoms with Gasteiger partial charge in [0.1, 0.15) is 12.2 Å². The number of halogens is 1. The molecule has 42 heavy (non-hydrogen) atoms. The Hall–Kier alpha value is -4.39. The first-order valence-electron chi connectivity index (χ1n) is 13.4. The molecule has 5 amide bonds. The maximum Gasteiger partial charge on any atom is 0.329 e. The fourth-order valence-electron chi connectivity index (χ4n) is 4.21. The minimum atomic E-state index is -0.690. The molecule has 0 atom stereocenters. The lowest BCUT2D eigenvalue weighted by Crippen LogP contribution is -2.38. The van der Waals surface area contributed by atoms with E-state index in [0.29, 0.717) is 38.6 Å². The molecule has 0 bridgehead atoms. The molecular formula is C31H31IN4O6. The summed E-state index contributed by atoms with van der Waals surface area (Å²) in [7, 11) is 0. The smallest absolute Gasteiger partial charge is 0.329 e. The second-order valence-corrected chi connectivity index (χ2v) is 10.6. The Morgan fingerprint density at radius 2 is 1.71 bits per heavy atom. The SMILES string of the molecule is CCOc1cc(/C=C2/NC(=O)N(CC(=O)Nc3ccccc3CC)C2=O)cc(I)c1OCC(=O)Nc1ccc(C)cc1. The average Bonchev–Trinajstić information content (AvgIpc) is 3.21. The van der Waals surface area contributed by atoms with Crippen LogP contribution < -0.4 is 25.4 Å². The van der Waals surface area contributed by atoms with Crippen LogP contribution in [0.25, 0.3) is 6.08 Å². The largest absolute Gasteiger partial charge is 0.490 e. The van der Waals surface area contributed by atoms with Crippen LogP contribution in [0.2, 0.25) is 0 Å². The topological polar surface area (TPSA) is 126 Å². The third-order valence-corrected chi connectivity index (χ3v) is 7.06. The molecule has 3 aromatic rings. The van der Waals surface area contributed by atoms with Crippen molar-refractivity contribution in [1.29, 1.82) is 0 Å². The second-order valence-electron chi connectivity index (χ2n) is 9.40. The quantitative estimate of drug-likeness (QED) is 0.147. The third kappa shape index (κ3) is 7.66. The van der Waals surface area contributed by atoms with Gasteiger partial charge in [-0.15, -0.1) is 0 Å². The molecule has 10 nitrogen and oxygen atoms in total. The number of urea groups is 1. The maximum atomic E-state index is 13.0. The number of rotatable bonds is 11. The number of aryl methyl sites for hydroxylation is 2. The minimum absolute atomic E-state index is 0.0196. The van der Waals surface area contributed by atoms with Gasteiger partial charge in [-0.3, -0.25) is 14.4 Å². The first-order valence-corrected chi connectivity index (χ1v) is 14.4. The highest BCUT2D eigenvalue weighted by atomic mass is 127. The zero-order chi connectivity index (χ0) is 30.2. The van der Waals surface area contributed by atoms with Crippen molar-refractivity contribution in [2.24, 2.45) is 0 Å². The van der Waals surface area contributed by atoms with E-state index in [9.17, 15) is 19.2 Å². The van der Waals surface area contributed by atoms with Gasteiger partial charge in [0.05, 0.1) is 10.2 Å². The number of nitrogens with zero attached hydrogens (tertiary/aromatic N) is 1. The Labute approximate surface area is 257 Å². The Balaban J connectivity index is 1.44. The first kappa shape index (κ1) is 30.6. The van der Waals surface area contributed by atoms with E-state index in [2.05, 4.69) is 38.5 Å². The highest BCUT2D eigenvalue weighted by Gasteiger charge is 2.35. The van der Waals surface area contributed by atoms with Crippen molar-refractivity contribution in [3.8, 4) is 11.5 Å². The summed E-state index contributed by atoms with van der Waals surface area (Å²) < 4.78 is 12.2. The van der Waals surface area contributed by atoms with Crippen molar-refractivity contribution < 1.29 is 28.7 Å². The molecule has 1 fully saturated rings. The van der Waals surface area contributed by atoms with E-state index in [-0.39, 0.29) is 18.2 Å². The summed E-state index contributed by atoms with van der Waals surface area (Å²) in [5.74, 6) is -0.681. The van der Waals surface area contributed by atoms with Crippen LogP contribution in [0, 0.1) is 10.5 Å². The highest BCUT2D eigenvalue weighted by molar-refractivity contribution is 14.1. The number of imide groups is 1. The van der Waals surface area contributed by atoms with E-state index < -0.39 is 24.4 Å². The Bertz CT molecular complexity index is 1540. The molecule has 0 aliphatic carbocycles. The molecule has 0 unspecified atom stereocenters. The highest BCUT2D eigenvalue weighted by Crippen LogP contribution is 2.35. The van der Waals surface area contributed by atoms with E-state index >= 15 is 0 Å².